The highest BCUT2D eigenvalue weighted by Crippen LogP contribution is 1.80. The van der Waals surface area contributed by atoms with Crippen molar-refractivity contribution in [1.29, 1.82) is 0 Å². The van der Waals surface area contributed by atoms with E-state index in [0.29, 0.717) is 0 Å². The maximum Gasteiger partial charge on any atom is 0.321 e. The Labute approximate surface area is 46.9 Å². The van der Waals surface area contributed by atoms with Crippen LogP contribution in [0, 0.1) is 0 Å². The van der Waals surface area contributed by atoms with Crippen LogP contribution in [0.5, 0.6) is 0 Å². The molecule has 0 bridgehead atoms. The number of carboxylic acid groups (broad SMARTS) is 1. The van der Waals surface area contributed by atoms with Gasteiger partial charge in [-0.3, -0.25) is 4.79 Å². The molecule has 0 radical (unpaired) electrons. The molecule has 7 heavy (non-hydrogen) atoms. The summed E-state index contributed by atoms with van der Waals surface area (Å²) in [6, 6.07) is -0.816. The minimum Gasteiger partial charge on any atom is -0.480 e. The Balaban J connectivity index is 3.34. The van der Waals surface area contributed by atoms with Gasteiger partial charge in [0.2, 0.25) is 0 Å². The van der Waals surface area contributed by atoms with Crippen LogP contribution in [0.1, 0.15) is 0 Å². The fourth-order valence-corrected chi connectivity index (χ4v) is 0.234. The summed E-state index contributed by atoms with van der Waals surface area (Å²) in [6.07, 6.45) is 0. The predicted octanol–water partition coefficient (Wildman–Crippen LogP) is -0.672. The lowest BCUT2D eigenvalue weighted by Gasteiger charge is -1.96. The minimum atomic E-state index is -1.00. The van der Waals surface area contributed by atoms with Gasteiger partial charge in [-0.15, -0.1) is 0 Å². The van der Waals surface area contributed by atoms with Gasteiger partial charge in [-0.25, -0.2) is 0 Å². The van der Waals surface area contributed by atoms with Gasteiger partial charge in [-0.1, -0.05) is 0 Å². The number of rotatable bonds is 2. The molecule has 1 atom stereocenters. The molecule has 0 saturated heterocycles. The number of nitrogens with two attached hydrogens (primary N) is 1. The van der Waals surface area contributed by atoms with Crippen molar-refractivity contribution in [2.24, 2.45) is 5.73 Å². The number of carboxylic acids is 1. The molecule has 3 nitrogen and oxygen atoms in total. The van der Waals surface area contributed by atoms with Crippen molar-refractivity contribution >= 4 is 18.6 Å². The Bertz CT molecular complexity index is 75.3. The summed E-state index contributed by atoms with van der Waals surface area (Å²) in [5, 5.41) is 8.01. The lowest BCUT2D eigenvalue weighted by atomic mass is 10.6. The molecule has 0 spiro atoms. The summed E-state index contributed by atoms with van der Waals surface area (Å²) in [5.74, 6) is -0.815. The van der Waals surface area contributed by atoms with E-state index in [0.717, 1.165) is 0 Å². The van der Waals surface area contributed by atoms with E-state index in [2.05, 4.69) is 12.6 Å². The monoisotopic (exact) mass is 122 g/mol. The summed E-state index contributed by atoms with van der Waals surface area (Å²) < 4.78 is 0. The standard InChI is InChI=1S/C3H7NO2S/c4-2(1-7)3(5)6/h2,7H,1,4H2,(H,5,6)/i3+1. The van der Waals surface area contributed by atoms with Gasteiger partial charge in [0.05, 0.1) is 0 Å². The summed E-state index contributed by atoms with van der Waals surface area (Å²) in [4.78, 5) is 9.76. The van der Waals surface area contributed by atoms with Crippen molar-refractivity contribution in [2.45, 2.75) is 6.04 Å². The first-order valence-corrected chi connectivity index (χ1v) is 2.41. The number of hydrogen-bond donors (Lipinski definition) is 3. The summed E-state index contributed by atoms with van der Waals surface area (Å²) in [5.41, 5.74) is 4.94. The van der Waals surface area contributed by atoms with Crippen molar-refractivity contribution < 1.29 is 9.90 Å². The van der Waals surface area contributed by atoms with Crippen LogP contribution in [0.15, 0.2) is 0 Å². The second-order valence-electron chi connectivity index (χ2n) is 1.13. The zero-order valence-corrected chi connectivity index (χ0v) is 4.56. The van der Waals surface area contributed by atoms with Gasteiger partial charge in [0.25, 0.3) is 0 Å². The third kappa shape index (κ3) is 2.47. The van der Waals surface area contributed by atoms with Gasteiger partial charge in [0.1, 0.15) is 6.04 Å². The molecule has 0 aromatic carbocycles. The molecule has 0 aromatic rings. The first kappa shape index (κ1) is 6.78. The Morgan fingerprint density at radius 1 is 2.00 bits per heavy atom. The molecule has 42 valence electrons. The molecule has 0 saturated carbocycles. The summed E-state index contributed by atoms with van der Waals surface area (Å²) >= 11 is 3.65. The minimum absolute atomic E-state index is 0.190. The molecule has 4 heteroatoms. The highest BCUT2D eigenvalue weighted by molar-refractivity contribution is 7.80. The van der Waals surface area contributed by atoms with Crippen molar-refractivity contribution in [3.8, 4) is 0 Å². The molecule has 0 amide bonds. The molecular formula is C3H7NO2S. The zero-order chi connectivity index (χ0) is 5.86. The lowest BCUT2D eigenvalue weighted by molar-refractivity contribution is -0.137. The number of carbonyl (C=O) groups is 1. The average molecular weight is 122 g/mol. The molecule has 0 fully saturated rings. The first-order valence-electron chi connectivity index (χ1n) is 1.77. The van der Waals surface area contributed by atoms with E-state index in [-0.39, 0.29) is 5.75 Å². The topological polar surface area (TPSA) is 63.3 Å². The largest absolute Gasteiger partial charge is 0.480 e. The molecule has 0 aliphatic heterocycles. The van der Waals surface area contributed by atoms with Gasteiger partial charge in [0.15, 0.2) is 0 Å². The highest BCUT2D eigenvalue weighted by Gasteiger charge is 2.06. The Kier molecular flexibility index (Phi) is 2.78. The van der Waals surface area contributed by atoms with Crippen LogP contribution >= 0.6 is 12.6 Å². The van der Waals surface area contributed by atoms with Crippen molar-refractivity contribution in [1.82, 2.24) is 0 Å². The third-order valence-electron chi connectivity index (χ3n) is 0.514. The Hall–Kier alpha value is -0.220. The van der Waals surface area contributed by atoms with E-state index in [1.807, 2.05) is 0 Å². The van der Waals surface area contributed by atoms with Crippen molar-refractivity contribution in [3.63, 3.8) is 0 Å². The number of thiol groups is 1. The van der Waals surface area contributed by atoms with Gasteiger partial charge in [-0.05, 0) is 0 Å². The van der Waals surface area contributed by atoms with E-state index in [1.165, 1.54) is 0 Å². The normalized spacial score (nSPS) is 13.4. The van der Waals surface area contributed by atoms with Gasteiger partial charge < -0.3 is 10.8 Å². The van der Waals surface area contributed by atoms with Crippen LogP contribution in [0.2, 0.25) is 0 Å². The van der Waals surface area contributed by atoms with E-state index < -0.39 is 12.0 Å². The lowest BCUT2D eigenvalue weighted by Crippen LogP contribution is -2.31. The van der Waals surface area contributed by atoms with Crippen LogP contribution in [0.3, 0.4) is 0 Å². The molecule has 0 heterocycles. The molecule has 0 rings (SSSR count). The number of hydrogen-bond acceptors (Lipinski definition) is 3. The van der Waals surface area contributed by atoms with E-state index in [1.54, 1.807) is 0 Å². The predicted molar refractivity (Wildman–Crippen MR) is 29.5 cm³/mol. The molecule has 0 aromatic heterocycles. The van der Waals surface area contributed by atoms with E-state index in [4.69, 9.17) is 10.8 Å². The van der Waals surface area contributed by atoms with Crippen molar-refractivity contribution in [3.05, 3.63) is 0 Å². The van der Waals surface area contributed by atoms with E-state index in [9.17, 15) is 4.79 Å². The maximum atomic E-state index is 9.76. The SMILES string of the molecule is NC(CS)[13C](=O)O. The van der Waals surface area contributed by atoms with Crippen LogP contribution in [-0.2, 0) is 4.79 Å². The Morgan fingerprint density at radius 3 is 2.43 bits per heavy atom. The number of aliphatic carboxylic acids is 1. The smallest absolute Gasteiger partial charge is 0.321 e. The quantitative estimate of drug-likeness (QED) is 0.336. The zero-order valence-electron chi connectivity index (χ0n) is 3.66. The fraction of sp³-hybridized carbons (Fsp3) is 0.667. The summed E-state index contributed by atoms with van der Waals surface area (Å²) in [7, 11) is 0. The van der Waals surface area contributed by atoms with Crippen LogP contribution in [0.4, 0.5) is 0 Å². The Morgan fingerprint density at radius 2 is 2.43 bits per heavy atom. The van der Waals surface area contributed by atoms with Crippen LogP contribution < -0.4 is 5.73 Å². The molecule has 0 aliphatic rings. The molecule has 1 unspecified atom stereocenters. The average Bonchev–Trinajstić information content (AvgIpc) is 1.65. The second kappa shape index (κ2) is 2.87. The maximum absolute atomic E-state index is 9.76. The van der Waals surface area contributed by atoms with Gasteiger partial charge >= 0.3 is 5.97 Å². The molecule has 0 aliphatic carbocycles. The third-order valence-corrected chi connectivity index (χ3v) is 0.907. The highest BCUT2D eigenvalue weighted by atomic mass is 32.1. The molecular weight excluding hydrogens is 115 g/mol. The van der Waals surface area contributed by atoms with E-state index >= 15 is 0 Å². The van der Waals surface area contributed by atoms with Crippen LogP contribution in [-0.4, -0.2) is 22.9 Å². The van der Waals surface area contributed by atoms with Gasteiger partial charge in [-0.2, -0.15) is 12.6 Å². The van der Waals surface area contributed by atoms with Crippen molar-refractivity contribution in [2.75, 3.05) is 5.75 Å². The second-order valence-corrected chi connectivity index (χ2v) is 1.49. The first-order chi connectivity index (χ1) is 3.18. The van der Waals surface area contributed by atoms with Gasteiger partial charge in [0, 0.05) is 5.75 Å². The summed E-state index contributed by atoms with van der Waals surface area (Å²) in [6.45, 7) is 0. The fourth-order valence-electron chi connectivity index (χ4n) is 0.0781. The molecule has 3 N–H and O–H groups in total. The van der Waals surface area contributed by atoms with Crippen LogP contribution in [0.25, 0.3) is 0 Å².